The molecule has 0 bridgehead atoms. The smallest absolute Gasteiger partial charge is 0.312 e. The Morgan fingerprint density at radius 3 is 2.09 bits per heavy atom. The minimum absolute atomic E-state index is 0.0799. The monoisotopic (exact) mass is 656 g/mol. The number of benzene rings is 1. The SMILES string of the molecule is CC(C)[C@H](NC(=O)CCCCCN1C(=O)C=CC1=O)C(=O)NC(CCCNC(N)=O)C(=O)Nc1ccc(COC(=O)C(C)(C)C)cc1. The molecule has 1 aliphatic heterocycles. The molecule has 1 aromatic carbocycles. The maximum Gasteiger partial charge on any atom is 0.312 e. The summed E-state index contributed by atoms with van der Waals surface area (Å²) in [6.45, 7) is 9.38. The van der Waals surface area contributed by atoms with Gasteiger partial charge in [0.15, 0.2) is 0 Å². The Morgan fingerprint density at radius 1 is 0.872 bits per heavy atom. The van der Waals surface area contributed by atoms with Crippen molar-refractivity contribution in [3.05, 3.63) is 42.0 Å². The Hall–Kier alpha value is -4.75. The van der Waals surface area contributed by atoms with Crippen molar-refractivity contribution in [1.29, 1.82) is 0 Å². The lowest BCUT2D eigenvalue weighted by atomic mass is 9.97. The van der Waals surface area contributed by atoms with Gasteiger partial charge in [-0.05, 0) is 70.1 Å². The van der Waals surface area contributed by atoms with Crippen molar-refractivity contribution in [1.82, 2.24) is 20.9 Å². The van der Waals surface area contributed by atoms with Crippen LogP contribution in [0.5, 0.6) is 0 Å². The second-order valence-electron chi connectivity index (χ2n) is 12.8. The molecule has 258 valence electrons. The number of ether oxygens (including phenoxy) is 1. The summed E-state index contributed by atoms with van der Waals surface area (Å²) < 4.78 is 5.33. The summed E-state index contributed by atoms with van der Waals surface area (Å²) in [7, 11) is 0. The normalized spacial score (nSPS) is 14.0. The number of rotatable bonds is 18. The number of carbonyl (C=O) groups excluding carboxylic acids is 7. The van der Waals surface area contributed by atoms with Crippen molar-refractivity contribution >= 4 is 47.2 Å². The zero-order chi connectivity index (χ0) is 35.1. The summed E-state index contributed by atoms with van der Waals surface area (Å²) in [4.78, 5) is 86.9. The first-order chi connectivity index (χ1) is 22.1. The number of hydrogen-bond acceptors (Lipinski definition) is 8. The second-order valence-corrected chi connectivity index (χ2v) is 12.8. The van der Waals surface area contributed by atoms with Crippen molar-refractivity contribution in [3.8, 4) is 0 Å². The van der Waals surface area contributed by atoms with Gasteiger partial charge in [0.1, 0.15) is 18.7 Å². The predicted molar refractivity (Wildman–Crippen MR) is 174 cm³/mol. The first-order valence-corrected chi connectivity index (χ1v) is 15.8. The Bertz CT molecular complexity index is 1300. The lowest BCUT2D eigenvalue weighted by molar-refractivity contribution is -0.154. The molecule has 7 amide bonds. The van der Waals surface area contributed by atoms with Crippen molar-refractivity contribution in [2.75, 3.05) is 18.4 Å². The van der Waals surface area contributed by atoms with Gasteiger partial charge in [0.2, 0.25) is 17.7 Å². The van der Waals surface area contributed by atoms with E-state index < -0.39 is 35.3 Å². The number of esters is 1. The van der Waals surface area contributed by atoms with E-state index in [1.807, 2.05) is 0 Å². The van der Waals surface area contributed by atoms with Crippen LogP contribution in [-0.4, -0.2) is 71.6 Å². The summed E-state index contributed by atoms with van der Waals surface area (Å²) in [5, 5.41) is 10.7. The second kappa shape index (κ2) is 18.4. The zero-order valence-corrected chi connectivity index (χ0v) is 27.9. The molecular weight excluding hydrogens is 608 g/mol. The molecule has 0 aromatic heterocycles. The van der Waals surface area contributed by atoms with Gasteiger partial charge in [-0.15, -0.1) is 0 Å². The first kappa shape index (κ1) is 38.4. The molecule has 0 spiro atoms. The van der Waals surface area contributed by atoms with Crippen molar-refractivity contribution in [2.24, 2.45) is 17.1 Å². The molecule has 2 atom stereocenters. The van der Waals surface area contributed by atoms with Gasteiger partial charge < -0.3 is 31.7 Å². The van der Waals surface area contributed by atoms with Gasteiger partial charge >= 0.3 is 12.0 Å². The molecule has 14 heteroatoms. The highest BCUT2D eigenvalue weighted by molar-refractivity contribution is 6.12. The predicted octanol–water partition coefficient (Wildman–Crippen LogP) is 2.27. The van der Waals surface area contributed by atoms with Crippen molar-refractivity contribution < 1.29 is 38.3 Å². The molecule has 1 heterocycles. The van der Waals surface area contributed by atoms with Crippen LogP contribution in [0.1, 0.15) is 78.7 Å². The number of nitrogens with two attached hydrogens (primary N) is 1. The molecule has 2 rings (SSSR count). The number of amides is 7. The molecular formula is C33H48N6O8. The van der Waals surface area contributed by atoms with E-state index >= 15 is 0 Å². The molecule has 1 unspecified atom stereocenters. The van der Waals surface area contributed by atoms with E-state index in [0.29, 0.717) is 31.4 Å². The number of primary amides is 1. The van der Waals surface area contributed by atoms with E-state index in [4.69, 9.17) is 10.5 Å². The Kier molecular flexibility index (Phi) is 15.1. The van der Waals surface area contributed by atoms with Gasteiger partial charge in [0.05, 0.1) is 5.41 Å². The average molecular weight is 657 g/mol. The van der Waals surface area contributed by atoms with Gasteiger partial charge in [-0.25, -0.2) is 4.79 Å². The highest BCUT2D eigenvalue weighted by Crippen LogP contribution is 2.18. The molecule has 47 heavy (non-hydrogen) atoms. The summed E-state index contributed by atoms with van der Waals surface area (Å²) in [6.07, 6.45) is 4.77. The fraction of sp³-hybridized carbons (Fsp3) is 0.545. The summed E-state index contributed by atoms with van der Waals surface area (Å²) in [6, 6.07) is 4.12. The number of nitrogens with one attached hydrogen (secondary N) is 4. The minimum Gasteiger partial charge on any atom is -0.460 e. The average Bonchev–Trinajstić information content (AvgIpc) is 3.32. The topological polar surface area (TPSA) is 206 Å². The molecule has 1 aliphatic rings. The van der Waals surface area contributed by atoms with Gasteiger partial charge in [-0.1, -0.05) is 32.4 Å². The Labute approximate surface area is 275 Å². The fourth-order valence-corrected chi connectivity index (χ4v) is 4.49. The van der Waals surface area contributed by atoms with Gasteiger partial charge in [0, 0.05) is 37.3 Å². The van der Waals surface area contributed by atoms with Crippen LogP contribution in [0.3, 0.4) is 0 Å². The van der Waals surface area contributed by atoms with Gasteiger partial charge in [-0.3, -0.25) is 33.7 Å². The quantitative estimate of drug-likeness (QED) is 0.0898. The number of imide groups is 1. The van der Waals surface area contributed by atoms with Crippen LogP contribution in [0, 0.1) is 11.3 Å². The van der Waals surface area contributed by atoms with E-state index in [-0.39, 0.29) is 62.1 Å². The standard InChI is InChI=1S/C33H48N6O8/c1-21(2)28(38-25(40)11-7-6-8-19-39-26(41)16-17-27(39)42)30(44)37-24(10-9-18-35-32(34)46)29(43)36-23-14-12-22(13-15-23)20-47-31(45)33(3,4)5/h12-17,21,24,28H,6-11,18-20H2,1-5H3,(H,36,43)(H,37,44)(H,38,40)(H3,34,35,46)/t24?,28-/m0/s1. The Balaban J connectivity index is 1.95. The lowest BCUT2D eigenvalue weighted by Crippen LogP contribution is -2.54. The zero-order valence-electron chi connectivity index (χ0n) is 27.9. The molecule has 0 radical (unpaired) electrons. The number of nitrogens with zero attached hydrogens (tertiary/aromatic N) is 1. The highest BCUT2D eigenvalue weighted by atomic mass is 16.5. The summed E-state index contributed by atoms with van der Waals surface area (Å²) >= 11 is 0. The minimum atomic E-state index is -0.992. The molecule has 0 saturated carbocycles. The molecule has 0 fully saturated rings. The molecule has 6 N–H and O–H groups in total. The highest BCUT2D eigenvalue weighted by Gasteiger charge is 2.29. The number of anilines is 1. The van der Waals surface area contributed by atoms with Crippen molar-refractivity contribution in [3.63, 3.8) is 0 Å². The third-order valence-corrected chi connectivity index (χ3v) is 7.26. The number of urea groups is 1. The van der Waals surface area contributed by atoms with Crippen LogP contribution < -0.4 is 27.0 Å². The van der Waals surface area contributed by atoms with Crippen LogP contribution in [0.4, 0.5) is 10.5 Å². The van der Waals surface area contributed by atoms with E-state index in [1.54, 1.807) is 58.9 Å². The first-order valence-electron chi connectivity index (χ1n) is 15.8. The molecule has 1 aromatic rings. The van der Waals surface area contributed by atoms with E-state index in [1.165, 1.54) is 12.2 Å². The summed E-state index contributed by atoms with van der Waals surface area (Å²) in [5.74, 6) is -2.69. The van der Waals surface area contributed by atoms with Crippen LogP contribution in [-0.2, 0) is 40.1 Å². The van der Waals surface area contributed by atoms with E-state index in [9.17, 15) is 33.6 Å². The van der Waals surface area contributed by atoms with E-state index in [2.05, 4.69) is 21.3 Å². The number of unbranched alkanes of at least 4 members (excludes halogenated alkanes) is 2. The van der Waals surface area contributed by atoms with Crippen LogP contribution in [0.25, 0.3) is 0 Å². The molecule has 14 nitrogen and oxygen atoms in total. The lowest BCUT2D eigenvalue weighted by Gasteiger charge is -2.25. The number of hydrogen-bond donors (Lipinski definition) is 5. The maximum absolute atomic E-state index is 13.3. The van der Waals surface area contributed by atoms with Crippen LogP contribution >= 0.6 is 0 Å². The molecule has 0 saturated heterocycles. The van der Waals surface area contributed by atoms with Gasteiger partial charge in [0.25, 0.3) is 11.8 Å². The van der Waals surface area contributed by atoms with Crippen molar-refractivity contribution in [2.45, 2.75) is 91.8 Å². The van der Waals surface area contributed by atoms with Crippen LogP contribution in [0.2, 0.25) is 0 Å². The maximum atomic E-state index is 13.3. The third kappa shape index (κ3) is 13.6. The summed E-state index contributed by atoms with van der Waals surface area (Å²) in [5.41, 5.74) is 5.69. The third-order valence-electron chi connectivity index (χ3n) is 7.26. The van der Waals surface area contributed by atoms with Crippen LogP contribution in [0.15, 0.2) is 36.4 Å². The van der Waals surface area contributed by atoms with Gasteiger partial charge in [-0.2, -0.15) is 0 Å². The Morgan fingerprint density at radius 2 is 1.51 bits per heavy atom. The van der Waals surface area contributed by atoms with E-state index in [0.717, 1.165) is 10.5 Å². The number of carbonyl (C=O) groups is 7. The fourth-order valence-electron chi connectivity index (χ4n) is 4.49. The molecule has 0 aliphatic carbocycles. The largest absolute Gasteiger partial charge is 0.460 e.